The topological polar surface area (TPSA) is 55.8 Å². The smallest absolute Gasteiger partial charge is 0.338 e. The Morgan fingerprint density at radius 3 is 1.94 bits per heavy atom. The normalized spacial score (nSPS) is 11.5. The van der Waals surface area contributed by atoms with E-state index in [1.54, 1.807) is 19.9 Å². The second kappa shape index (κ2) is 10.1. The summed E-state index contributed by atoms with van der Waals surface area (Å²) in [7, 11) is 0. The predicted molar refractivity (Wildman–Crippen MR) is 129 cm³/mol. The lowest BCUT2D eigenvalue weighted by molar-refractivity contribution is -0.130. The molecule has 0 aromatic heterocycles. The number of esters is 1. The maximum absolute atomic E-state index is 11.8. The molecule has 0 amide bonds. The molecule has 4 nitrogen and oxygen atoms in total. The Bertz CT molecular complexity index is 1130. The lowest BCUT2D eigenvalue weighted by atomic mass is 9.95. The molecule has 0 saturated carbocycles. The molecule has 1 atom stereocenters. The summed E-state index contributed by atoms with van der Waals surface area (Å²) in [5.41, 5.74) is 6.34. The molecule has 3 aromatic rings. The third-order valence-electron chi connectivity index (χ3n) is 5.07. The van der Waals surface area contributed by atoms with E-state index < -0.39 is 12.3 Å². The average Bonchev–Trinajstić information content (AvgIpc) is 2.79. The summed E-state index contributed by atoms with van der Waals surface area (Å²) in [5.74, 6) is 0.685. The highest BCUT2D eigenvalue weighted by molar-refractivity contribution is 5.89. The van der Waals surface area contributed by atoms with E-state index in [1.165, 1.54) is 0 Å². The summed E-state index contributed by atoms with van der Waals surface area (Å²) < 4.78 is 10.8. The molecule has 0 aliphatic heterocycles. The largest absolute Gasteiger partial charge is 0.461 e. The van der Waals surface area contributed by atoms with Crippen LogP contribution in [-0.2, 0) is 11.2 Å². The molecule has 0 spiro atoms. The van der Waals surface area contributed by atoms with Crippen LogP contribution in [0.4, 0.5) is 0 Å². The average molecular weight is 429 g/mol. The molecule has 0 fully saturated rings. The zero-order valence-electron chi connectivity index (χ0n) is 18.7. The van der Waals surface area contributed by atoms with Crippen LogP contribution in [0.2, 0.25) is 0 Å². The van der Waals surface area contributed by atoms with Crippen LogP contribution in [-0.4, -0.2) is 17.4 Å². The van der Waals surface area contributed by atoms with Crippen molar-refractivity contribution in [3.05, 3.63) is 96.6 Å². The fourth-order valence-corrected chi connectivity index (χ4v) is 3.20. The zero-order valence-corrected chi connectivity index (χ0v) is 18.7. The van der Waals surface area contributed by atoms with Crippen molar-refractivity contribution in [3.8, 4) is 33.8 Å². The molecule has 3 aromatic carbocycles. The highest BCUT2D eigenvalue weighted by atomic mass is 16.6. The van der Waals surface area contributed by atoms with Gasteiger partial charge in [-0.15, -0.1) is 0 Å². The van der Waals surface area contributed by atoms with Gasteiger partial charge in [-0.2, -0.15) is 0 Å². The molecule has 32 heavy (non-hydrogen) atoms. The minimum absolute atomic E-state index is 0.370. The van der Waals surface area contributed by atoms with E-state index in [-0.39, 0.29) is 0 Å². The molecule has 3 rings (SSSR count). The Balaban J connectivity index is 1.78. The predicted octanol–water partition coefficient (Wildman–Crippen LogP) is 6.34. The van der Waals surface area contributed by atoms with Crippen LogP contribution in [0.5, 0.6) is 11.5 Å². The lowest BCUT2D eigenvalue weighted by Crippen LogP contribution is -2.15. The Morgan fingerprint density at radius 1 is 0.875 bits per heavy atom. The summed E-state index contributed by atoms with van der Waals surface area (Å²) in [4.78, 5) is 11.8. The van der Waals surface area contributed by atoms with Gasteiger partial charge in [0.2, 0.25) is 6.29 Å². The van der Waals surface area contributed by atoms with Crippen molar-refractivity contribution >= 4 is 5.97 Å². The van der Waals surface area contributed by atoms with Crippen LogP contribution in [0, 0.1) is 0 Å². The van der Waals surface area contributed by atoms with Crippen LogP contribution < -0.4 is 9.47 Å². The summed E-state index contributed by atoms with van der Waals surface area (Å²) in [6.07, 6.45) is -0.198. The molecule has 0 radical (unpaired) electrons. The van der Waals surface area contributed by atoms with Gasteiger partial charge in [0.1, 0.15) is 11.5 Å². The SMILES string of the molecule is C=C(C)C(=O)Oc1ccc(-c2ccc(-c3ccc(OC(O)C(=C)C)cc3)cc2)c(CC)c1. The highest BCUT2D eigenvalue weighted by Crippen LogP contribution is 2.31. The van der Waals surface area contributed by atoms with E-state index >= 15 is 0 Å². The maximum atomic E-state index is 11.8. The van der Waals surface area contributed by atoms with Crippen LogP contribution >= 0.6 is 0 Å². The number of aliphatic hydroxyl groups excluding tert-OH is 1. The Morgan fingerprint density at radius 2 is 1.41 bits per heavy atom. The highest BCUT2D eigenvalue weighted by Gasteiger charge is 2.10. The second-order valence-corrected chi connectivity index (χ2v) is 7.76. The zero-order chi connectivity index (χ0) is 23.3. The fourth-order valence-electron chi connectivity index (χ4n) is 3.20. The number of ether oxygens (including phenoxy) is 2. The van der Waals surface area contributed by atoms with E-state index in [0.29, 0.717) is 22.6 Å². The first-order valence-electron chi connectivity index (χ1n) is 10.5. The number of hydrogen-bond acceptors (Lipinski definition) is 4. The molecule has 0 heterocycles. The molecular weight excluding hydrogens is 400 g/mol. The number of carbonyl (C=O) groups is 1. The van der Waals surface area contributed by atoms with Gasteiger partial charge < -0.3 is 14.6 Å². The fraction of sp³-hybridized carbons (Fsp3) is 0.179. The van der Waals surface area contributed by atoms with E-state index in [1.807, 2.05) is 36.4 Å². The quantitative estimate of drug-likeness (QED) is 0.150. The Kier molecular flexibility index (Phi) is 7.29. The summed E-state index contributed by atoms with van der Waals surface area (Å²) in [6.45, 7) is 12.7. The third kappa shape index (κ3) is 5.54. The lowest BCUT2D eigenvalue weighted by Gasteiger charge is -2.14. The van der Waals surface area contributed by atoms with E-state index in [9.17, 15) is 9.90 Å². The van der Waals surface area contributed by atoms with Crippen LogP contribution in [0.25, 0.3) is 22.3 Å². The minimum Gasteiger partial charge on any atom is -0.461 e. The number of benzene rings is 3. The Labute approximate surface area is 189 Å². The van der Waals surface area contributed by atoms with Gasteiger partial charge >= 0.3 is 5.97 Å². The molecule has 1 unspecified atom stereocenters. The monoisotopic (exact) mass is 428 g/mol. The van der Waals surface area contributed by atoms with Crippen molar-refractivity contribution in [2.75, 3.05) is 0 Å². The third-order valence-corrected chi connectivity index (χ3v) is 5.07. The van der Waals surface area contributed by atoms with Gasteiger partial charge in [-0.3, -0.25) is 0 Å². The van der Waals surface area contributed by atoms with Crippen molar-refractivity contribution in [3.63, 3.8) is 0 Å². The van der Waals surface area contributed by atoms with Crippen molar-refractivity contribution in [2.24, 2.45) is 0 Å². The molecular formula is C28H28O4. The molecule has 164 valence electrons. The van der Waals surface area contributed by atoms with Gasteiger partial charge in [-0.05, 0) is 77.9 Å². The Hall–Kier alpha value is -3.63. The first kappa shape index (κ1) is 23.0. The van der Waals surface area contributed by atoms with E-state index in [0.717, 1.165) is 34.2 Å². The molecule has 0 saturated heterocycles. The molecule has 4 heteroatoms. The molecule has 0 aliphatic carbocycles. The van der Waals surface area contributed by atoms with Gasteiger partial charge in [0, 0.05) is 5.57 Å². The van der Waals surface area contributed by atoms with E-state index in [2.05, 4.69) is 44.3 Å². The first-order valence-corrected chi connectivity index (χ1v) is 10.5. The number of aryl methyl sites for hydroxylation is 1. The van der Waals surface area contributed by atoms with Gasteiger partial charge in [-0.25, -0.2) is 4.79 Å². The summed E-state index contributed by atoms with van der Waals surface area (Å²) in [6, 6.07) is 21.6. The first-order chi connectivity index (χ1) is 15.3. The number of rotatable bonds is 8. The number of carbonyl (C=O) groups excluding carboxylic acids is 1. The van der Waals surface area contributed by atoms with Gasteiger partial charge in [0.05, 0.1) is 0 Å². The number of hydrogen-bond donors (Lipinski definition) is 1. The molecule has 0 aliphatic rings. The van der Waals surface area contributed by atoms with Crippen molar-refractivity contribution in [1.82, 2.24) is 0 Å². The van der Waals surface area contributed by atoms with Crippen molar-refractivity contribution < 1.29 is 19.4 Å². The molecule has 0 bridgehead atoms. The van der Waals surface area contributed by atoms with Gasteiger partial charge in [-0.1, -0.05) is 62.5 Å². The van der Waals surface area contributed by atoms with Gasteiger partial charge in [0.25, 0.3) is 0 Å². The summed E-state index contributed by atoms with van der Waals surface area (Å²) >= 11 is 0. The van der Waals surface area contributed by atoms with E-state index in [4.69, 9.17) is 9.47 Å². The second-order valence-electron chi connectivity index (χ2n) is 7.76. The standard InChI is InChI=1S/C28H28O4/c1-6-20-17-25(32-28(30)19(4)5)15-16-26(20)23-9-7-21(8-10-23)22-11-13-24(14-12-22)31-27(29)18(2)3/h7-17,27,29H,2,4,6H2,1,3,5H3. The van der Waals surface area contributed by atoms with Crippen molar-refractivity contribution in [2.45, 2.75) is 33.5 Å². The minimum atomic E-state index is -1.01. The molecule has 1 N–H and O–H groups in total. The van der Waals surface area contributed by atoms with Crippen molar-refractivity contribution in [1.29, 1.82) is 0 Å². The van der Waals surface area contributed by atoms with Crippen LogP contribution in [0.3, 0.4) is 0 Å². The van der Waals surface area contributed by atoms with Crippen LogP contribution in [0.15, 0.2) is 91.0 Å². The summed E-state index contributed by atoms with van der Waals surface area (Å²) in [5, 5.41) is 9.78. The van der Waals surface area contributed by atoms with Crippen LogP contribution in [0.1, 0.15) is 26.3 Å². The van der Waals surface area contributed by atoms with Gasteiger partial charge in [0.15, 0.2) is 0 Å². The number of aliphatic hydroxyl groups is 1. The maximum Gasteiger partial charge on any atom is 0.338 e.